The van der Waals surface area contributed by atoms with Gasteiger partial charge in [0, 0.05) is 23.4 Å². The fourth-order valence-electron chi connectivity index (χ4n) is 0.780. The highest BCUT2D eigenvalue weighted by Gasteiger charge is 2.03. The number of rotatable bonds is 2. The molecule has 1 N–H and O–H groups in total. The SMILES string of the molecule is OCCc1c(Cl)ccnc1Br. The lowest BCUT2D eigenvalue weighted by molar-refractivity contribution is 0.299. The quantitative estimate of drug-likeness (QED) is 0.797. The number of nitrogens with zero attached hydrogens (tertiary/aromatic N) is 1. The molecular weight excluding hydrogens is 229 g/mol. The molecule has 0 saturated heterocycles. The third kappa shape index (κ3) is 2.15. The summed E-state index contributed by atoms with van der Waals surface area (Å²) in [6, 6.07) is 1.71. The van der Waals surface area contributed by atoms with Crippen LogP contribution in [0.15, 0.2) is 16.9 Å². The summed E-state index contributed by atoms with van der Waals surface area (Å²) in [6.07, 6.45) is 2.15. The van der Waals surface area contributed by atoms with Gasteiger partial charge in [-0.1, -0.05) is 11.6 Å². The first-order chi connectivity index (χ1) is 5.25. The number of hydrogen-bond acceptors (Lipinski definition) is 2. The van der Waals surface area contributed by atoms with E-state index in [-0.39, 0.29) is 6.61 Å². The van der Waals surface area contributed by atoms with Crippen molar-refractivity contribution >= 4 is 27.5 Å². The van der Waals surface area contributed by atoms with E-state index in [2.05, 4.69) is 20.9 Å². The van der Waals surface area contributed by atoms with Crippen LogP contribution in [0.1, 0.15) is 5.56 Å². The molecule has 0 aliphatic carbocycles. The Bertz CT molecular complexity index is 234. The van der Waals surface area contributed by atoms with Crippen LogP contribution in [0.4, 0.5) is 0 Å². The lowest BCUT2D eigenvalue weighted by Gasteiger charge is -2.02. The molecule has 0 fully saturated rings. The minimum absolute atomic E-state index is 0.0873. The minimum Gasteiger partial charge on any atom is -0.396 e. The second kappa shape index (κ2) is 4.04. The molecule has 4 heteroatoms. The van der Waals surface area contributed by atoms with Crippen molar-refractivity contribution in [1.82, 2.24) is 4.98 Å². The molecule has 0 amide bonds. The molecule has 60 valence electrons. The summed E-state index contributed by atoms with van der Waals surface area (Å²) < 4.78 is 0.707. The summed E-state index contributed by atoms with van der Waals surface area (Å²) in [7, 11) is 0. The second-order valence-electron chi connectivity index (χ2n) is 2.04. The molecule has 0 atom stereocenters. The molecule has 0 saturated carbocycles. The lowest BCUT2D eigenvalue weighted by Crippen LogP contribution is -1.94. The van der Waals surface area contributed by atoms with Gasteiger partial charge in [0.1, 0.15) is 4.60 Å². The molecule has 1 heterocycles. The molecule has 0 aromatic carbocycles. The highest BCUT2D eigenvalue weighted by molar-refractivity contribution is 9.10. The van der Waals surface area contributed by atoms with Crippen molar-refractivity contribution in [3.05, 3.63) is 27.5 Å². The number of aliphatic hydroxyl groups is 1. The van der Waals surface area contributed by atoms with E-state index in [0.29, 0.717) is 16.0 Å². The predicted molar refractivity (Wildman–Crippen MR) is 47.7 cm³/mol. The first-order valence-electron chi connectivity index (χ1n) is 3.15. The fraction of sp³-hybridized carbons (Fsp3) is 0.286. The average molecular weight is 236 g/mol. The summed E-state index contributed by atoms with van der Waals surface area (Å²) in [5.74, 6) is 0. The van der Waals surface area contributed by atoms with Crippen LogP contribution in [0, 0.1) is 0 Å². The Morgan fingerprint density at radius 1 is 1.64 bits per heavy atom. The van der Waals surface area contributed by atoms with Gasteiger partial charge in [0.15, 0.2) is 0 Å². The van der Waals surface area contributed by atoms with Crippen molar-refractivity contribution in [3.63, 3.8) is 0 Å². The number of halogens is 2. The highest BCUT2D eigenvalue weighted by Crippen LogP contribution is 2.22. The van der Waals surface area contributed by atoms with Crippen LogP contribution < -0.4 is 0 Å². The van der Waals surface area contributed by atoms with Gasteiger partial charge in [0.2, 0.25) is 0 Å². The molecule has 0 aliphatic rings. The van der Waals surface area contributed by atoms with Crippen LogP contribution in [0.5, 0.6) is 0 Å². The topological polar surface area (TPSA) is 33.1 Å². The number of hydrogen-bond donors (Lipinski definition) is 1. The first kappa shape index (κ1) is 8.97. The van der Waals surface area contributed by atoms with Gasteiger partial charge in [-0.05, 0) is 28.4 Å². The van der Waals surface area contributed by atoms with E-state index in [0.717, 1.165) is 5.56 Å². The van der Waals surface area contributed by atoms with Crippen LogP contribution in [0.3, 0.4) is 0 Å². The zero-order valence-corrected chi connectivity index (χ0v) is 8.06. The maximum Gasteiger partial charge on any atom is 0.110 e. The van der Waals surface area contributed by atoms with Gasteiger partial charge < -0.3 is 5.11 Å². The second-order valence-corrected chi connectivity index (χ2v) is 3.19. The van der Waals surface area contributed by atoms with Gasteiger partial charge in [0.05, 0.1) is 0 Å². The van der Waals surface area contributed by atoms with Crippen molar-refractivity contribution in [3.8, 4) is 0 Å². The first-order valence-corrected chi connectivity index (χ1v) is 4.32. The van der Waals surface area contributed by atoms with E-state index in [1.54, 1.807) is 12.3 Å². The summed E-state index contributed by atoms with van der Waals surface area (Å²) >= 11 is 9.07. The Morgan fingerprint density at radius 2 is 2.36 bits per heavy atom. The molecule has 0 unspecified atom stereocenters. The molecule has 0 aliphatic heterocycles. The van der Waals surface area contributed by atoms with Crippen molar-refractivity contribution in [1.29, 1.82) is 0 Å². The average Bonchev–Trinajstić information content (AvgIpc) is 1.97. The minimum atomic E-state index is 0.0873. The Morgan fingerprint density at radius 3 is 2.91 bits per heavy atom. The zero-order chi connectivity index (χ0) is 8.27. The van der Waals surface area contributed by atoms with Crippen LogP contribution in [-0.4, -0.2) is 16.7 Å². The molecule has 1 aromatic rings. The van der Waals surface area contributed by atoms with Crippen molar-refractivity contribution < 1.29 is 5.11 Å². The largest absolute Gasteiger partial charge is 0.396 e. The van der Waals surface area contributed by atoms with Crippen molar-refractivity contribution in [2.75, 3.05) is 6.61 Å². The monoisotopic (exact) mass is 235 g/mol. The van der Waals surface area contributed by atoms with E-state index in [9.17, 15) is 0 Å². The number of aromatic nitrogens is 1. The van der Waals surface area contributed by atoms with Gasteiger partial charge in [0.25, 0.3) is 0 Å². The van der Waals surface area contributed by atoms with Crippen LogP contribution in [-0.2, 0) is 6.42 Å². The molecular formula is C7H7BrClNO. The molecule has 11 heavy (non-hydrogen) atoms. The van der Waals surface area contributed by atoms with Gasteiger partial charge >= 0.3 is 0 Å². The zero-order valence-electron chi connectivity index (χ0n) is 5.72. The molecule has 2 nitrogen and oxygen atoms in total. The van der Waals surface area contributed by atoms with Crippen LogP contribution >= 0.6 is 27.5 Å². The van der Waals surface area contributed by atoms with E-state index < -0.39 is 0 Å². The smallest absolute Gasteiger partial charge is 0.110 e. The Kier molecular flexibility index (Phi) is 3.30. The normalized spacial score (nSPS) is 10.1. The summed E-state index contributed by atoms with van der Waals surface area (Å²) in [5, 5.41) is 9.30. The standard InChI is InChI=1S/C7H7BrClNO/c8-7-5(2-4-11)6(9)1-3-10-7/h1,3,11H,2,4H2. The third-order valence-electron chi connectivity index (χ3n) is 1.31. The fourth-order valence-corrected chi connectivity index (χ4v) is 1.66. The number of aliphatic hydroxyl groups excluding tert-OH is 1. The van der Waals surface area contributed by atoms with E-state index in [1.165, 1.54) is 0 Å². The summed E-state index contributed by atoms with van der Waals surface area (Å²) in [4.78, 5) is 3.98. The summed E-state index contributed by atoms with van der Waals surface area (Å²) in [6.45, 7) is 0.0873. The number of pyridine rings is 1. The third-order valence-corrected chi connectivity index (χ3v) is 2.35. The predicted octanol–water partition coefficient (Wildman–Crippen LogP) is 2.03. The van der Waals surface area contributed by atoms with Gasteiger partial charge in [-0.25, -0.2) is 4.98 Å². The van der Waals surface area contributed by atoms with Crippen LogP contribution in [0.25, 0.3) is 0 Å². The lowest BCUT2D eigenvalue weighted by atomic mass is 10.2. The van der Waals surface area contributed by atoms with E-state index in [4.69, 9.17) is 16.7 Å². The van der Waals surface area contributed by atoms with E-state index in [1.807, 2.05) is 0 Å². The Hall–Kier alpha value is -0.120. The summed E-state index contributed by atoms with van der Waals surface area (Å²) in [5.41, 5.74) is 0.858. The maximum absolute atomic E-state index is 8.66. The Labute approximate surface area is 78.3 Å². The molecule has 1 aromatic heterocycles. The Balaban J connectivity index is 3.00. The molecule has 1 rings (SSSR count). The highest BCUT2D eigenvalue weighted by atomic mass is 79.9. The van der Waals surface area contributed by atoms with Crippen molar-refractivity contribution in [2.45, 2.75) is 6.42 Å². The van der Waals surface area contributed by atoms with Crippen LogP contribution in [0.2, 0.25) is 5.02 Å². The van der Waals surface area contributed by atoms with E-state index >= 15 is 0 Å². The molecule has 0 radical (unpaired) electrons. The van der Waals surface area contributed by atoms with Crippen molar-refractivity contribution in [2.24, 2.45) is 0 Å². The maximum atomic E-state index is 8.66. The van der Waals surface area contributed by atoms with Gasteiger partial charge in [-0.3, -0.25) is 0 Å². The molecule has 0 spiro atoms. The van der Waals surface area contributed by atoms with Gasteiger partial charge in [-0.2, -0.15) is 0 Å². The van der Waals surface area contributed by atoms with Gasteiger partial charge in [-0.15, -0.1) is 0 Å². The molecule has 0 bridgehead atoms.